The van der Waals surface area contributed by atoms with Crippen LogP contribution in [0.15, 0.2) is 67.0 Å². The average Bonchev–Trinajstić information content (AvgIpc) is 3.44. The SMILES string of the molecule is CCn1c(-n2ccc(N3C=CC=CC3)n2)nc2c(N)nc(NCc3ccccc3)nc21. The quantitative estimate of drug-likeness (QED) is 0.501. The number of allylic oxidation sites excluding steroid dienone is 2. The average molecular weight is 413 g/mol. The Kier molecular flexibility index (Phi) is 4.83. The summed E-state index contributed by atoms with van der Waals surface area (Å²) in [7, 11) is 0. The summed E-state index contributed by atoms with van der Waals surface area (Å²) < 4.78 is 3.74. The van der Waals surface area contributed by atoms with Crippen molar-refractivity contribution in [2.45, 2.75) is 20.0 Å². The standard InChI is InChI=1S/C22H23N9/c1-2-30-20-18(19(23)26-21(27-20)24-15-16-9-5-3-6-10-16)25-22(30)31-14-11-17(28-31)29-12-7-4-8-13-29/h3-12,14H,2,13,15H2,1H3,(H3,23,24,26,27). The third-order valence-corrected chi connectivity index (χ3v) is 5.10. The molecule has 156 valence electrons. The summed E-state index contributed by atoms with van der Waals surface area (Å²) in [6, 6.07) is 12.1. The summed E-state index contributed by atoms with van der Waals surface area (Å²) in [6.07, 6.45) is 10.00. The number of benzene rings is 1. The molecule has 0 radical (unpaired) electrons. The van der Waals surface area contributed by atoms with Crippen LogP contribution in [-0.4, -0.2) is 35.8 Å². The number of nitrogen functional groups attached to an aromatic ring is 1. The maximum atomic E-state index is 6.24. The van der Waals surface area contributed by atoms with E-state index in [1.54, 1.807) is 4.68 Å². The van der Waals surface area contributed by atoms with Gasteiger partial charge in [0.25, 0.3) is 0 Å². The largest absolute Gasteiger partial charge is 0.382 e. The van der Waals surface area contributed by atoms with Gasteiger partial charge < -0.3 is 16.0 Å². The molecule has 9 heteroatoms. The van der Waals surface area contributed by atoms with Crippen LogP contribution < -0.4 is 16.0 Å². The molecule has 31 heavy (non-hydrogen) atoms. The van der Waals surface area contributed by atoms with Crippen LogP contribution in [-0.2, 0) is 13.1 Å². The van der Waals surface area contributed by atoms with Gasteiger partial charge in [0.05, 0.1) is 0 Å². The fraction of sp³-hybridized carbons (Fsp3) is 0.182. The van der Waals surface area contributed by atoms with Crippen molar-refractivity contribution in [2.75, 3.05) is 22.5 Å². The van der Waals surface area contributed by atoms with Gasteiger partial charge in [0, 0.05) is 38.1 Å². The highest BCUT2D eigenvalue weighted by atomic mass is 15.4. The first-order chi connectivity index (χ1) is 15.2. The monoisotopic (exact) mass is 413 g/mol. The summed E-state index contributed by atoms with van der Waals surface area (Å²) >= 11 is 0. The van der Waals surface area contributed by atoms with Crippen LogP contribution in [0.4, 0.5) is 17.6 Å². The number of imidazole rings is 1. The maximum Gasteiger partial charge on any atom is 0.233 e. The molecule has 0 amide bonds. The van der Waals surface area contributed by atoms with Crippen LogP contribution in [0.1, 0.15) is 12.5 Å². The number of rotatable bonds is 6. The first-order valence-corrected chi connectivity index (χ1v) is 10.2. The van der Waals surface area contributed by atoms with E-state index in [9.17, 15) is 0 Å². The molecule has 4 heterocycles. The molecule has 0 atom stereocenters. The molecule has 0 fully saturated rings. The third-order valence-electron chi connectivity index (χ3n) is 5.10. The van der Waals surface area contributed by atoms with E-state index in [1.807, 2.05) is 72.4 Å². The summed E-state index contributed by atoms with van der Waals surface area (Å²) in [4.78, 5) is 15.9. The van der Waals surface area contributed by atoms with Crippen molar-refractivity contribution in [1.29, 1.82) is 0 Å². The van der Waals surface area contributed by atoms with E-state index in [-0.39, 0.29) is 0 Å². The number of hydrogen-bond acceptors (Lipinski definition) is 7. The fourth-order valence-corrected chi connectivity index (χ4v) is 3.55. The van der Waals surface area contributed by atoms with Gasteiger partial charge in [-0.05, 0) is 18.6 Å². The molecule has 1 aliphatic heterocycles. The molecule has 0 aliphatic carbocycles. The molecule has 0 saturated heterocycles. The molecular formula is C22H23N9. The highest BCUT2D eigenvalue weighted by Crippen LogP contribution is 2.24. The van der Waals surface area contributed by atoms with Gasteiger partial charge in [-0.15, -0.1) is 5.10 Å². The Labute approximate surface area is 179 Å². The minimum absolute atomic E-state index is 0.338. The second-order valence-electron chi connectivity index (χ2n) is 7.14. The maximum absolute atomic E-state index is 6.24. The van der Waals surface area contributed by atoms with Crippen LogP contribution in [0, 0.1) is 0 Å². The Morgan fingerprint density at radius 1 is 1.06 bits per heavy atom. The number of nitrogens with two attached hydrogens (primary N) is 1. The van der Waals surface area contributed by atoms with Crippen LogP contribution >= 0.6 is 0 Å². The predicted octanol–water partition coefficient (Wildman–Crippen LogP) is 3.12. The van der Waals surface area contributed by atoms with Gasteiger partial charge in [-0.25, -0.2) is 9.67 Å². The molecule has 0 unspecified atom stereocenters. The zero-order valence-electron chi connectivity index (χ0n) is 17.2. The lowest BCUT2D eigenvalue weighted by Crippen LogP contribution is -2.18. The van der Waals surface area contributed by atoms with E-state index >= 15 is 0 Å². The smallest absolute Gasteiger partial charge is 0.233 e. The van der Waals surface area contributed by atoms with Crippen molar-refractivity contribution in [3.05, 3.63) is 72.6 Å². The molecule has 3 N–H and O–H groups in total. The van der Waals surface area contributed by atoms with E-state index in [2.05, 4.69) is 21.3 Å². The number of aromatic nitrogens is 6. The number of nitrogens with one attached hydrogen (secondary N) is 1. The van der Waals surface area contributed by atoms with Crippen molar-refractivity contribution in [3.8, 4) is 5.95 Å². The number of nitrogens with zero attached hydrogens (tertiary/aromatic N) is 7. The summed E-state index contributed by atoms with van der Waals surface area (Å²) in [5, 5.41) is 7.96. The molecule has 9 nitrogen and oxygen atoms in total. The van der Waals surface area contributed by atoms with Crippen molar-refractivity contribution >= 4 is 28.7 Å². The fourth-order valence-electron chi connectivity index (χ4n) is 3.55. The van der Waals surface area contributed by atoms with Gasteiger partial charge in [-0.2, -0.15) is 9.97 Å². The van der Waals surface area contributed by atoms with Gasteiger partial charge in [0.2, 0.25) is 11.9 Å². The topological polar surface area (TPSA) is 103 Å². The van der Waals surface area contributed by atoms with E-state index in [0.717, 1.165) is 17.9 Å². The van der Waals surface area contributed by atoms with Crippen LogP contribution in [0.2, 0.25) is 0 Å². The van der Waals surface area contributed by atoms with Crippen molar-refractivity contribution in [3.63, 3.8) is 0 Å². The Morgan fingerprint density at radius 2 is 1.94 bits per heavy atom. The van der Waals surface area contributed by atoms with Crippen molar-refractivity contribution in [1.82, 2.24) is 29.3 Å². The Balaban J connectivity index is 1.48. The van der Waals surface area contributed by atoms with Gasteiger partial charge in [-0.1, -0.05) is 42.5 Å². The van der Waals surface area contributed by atoms with E-state index in [1.165, 1.54) is 0 Å². The lowest BCUT2D eigenvalue weighted by molar-refractivity contribution is 0.695. The summed E-state index contributed by atoms with van der Waals surface area (Å²) in [6.45, 7) is 4.11. The van der Waals surface area contributed by atoms with Gasteiger partial charge >= 0.3 is 0 Å². The molecule has 1 aliphatic rings. The van der Waals surface area contributed by atoms with Crippen LogP contribution in [0.25, 0.3) is 17.1 Å². The van der Waals surface area contributed by atoms with Gasteiger partial charge in [0.1, 0.15) is 0 Å². The minimum atomic E-state index is 0.338. The zero-order chi connectivity index (χ0) is 21.2. The zero-order valence-corrected chi connectivity index (χ0v) is 17.2. The number of aryl methyl sites for hydroxylation is 1. The van der Waals surface area contributed by atoms with Crippen molar-refractivity contribution < 1.29 is 0 Å². The van der Waals surface area contributed by atoms with E-state index in [4.69, 9.17) is 20.8 Å². The molecule has 1 aromatic carbocycles. The molecule has 0 bridgehead atoms. The summed E-state index contributed by atoms with van der Waals surface area (Å²) in [5.74, 6) is 2.31. The highest BCUT2D eigenvalue weighted by molar-refractivity contribution is 5.84. The van der Waals surface area contributed by atoms with Crippen LogP contribution in [0.5, 0.6) is 0 Å². The number of hydrogen-bond donors (Lipinski definition) is 2. The normalized spacial score (nSPS) is 13.3. The van der Waals surface area contributed by atoms with Gasteiger partial charge in [0.15, 0.2) is 22.8 Å². The third kappa shape index (κ3) is 3.61. The van der Waals surface area contributed by atoms with E-state index < -0.39 is 0 Å². The summed E-state index contributed by atoms with van der Waals surface area (Å²) in [5.41, 5.74) is 8.63. The molecule has 5 rings (SSSR count). The van der Waals surface area contributed by atoms with E-state index in [0.29, 0.717) is 42.0 Å². The predicted molar refractivity (Wildman–Crippen MR) is 122 cm³/mol. The van der Waals surface area contributed by atoms with Crippen LogP contribution in [0.3, 0.4) is 0 Å². The van der Waals surface area contributed by atoms with Crippen molar-refractivity contribution in [2.24, 2.45) is 0 Å². The molecule has 0 saturated carbocycles. The molecule has 4 aromatic rings. The minimum Gasteiger partial charge on any atom is -0.382 e. The first-order valence-electron chi connectivity index (χ1n) is 10.2. The highest BCUT2D eigenvalue weighted by Gasteiger charge is 2.18. The number of fused-ring (bicyclic) bond motifs is 1. The molecule has 0 spiro atoms. The lowest BCUT2D eigenvalue weighted by Gasteiger charge is -2.17. The Hall–Kier alpha value is -4.14. The Morgan fingerprint density at radius 3 is 2.71 bits per heavy atom. The lowest BCUT2D eigenvalue weighted by atomic mass is 10.2. The second kappa shape index (κ2) is 7.94. The second-order valence-corrected chi connectivity index (χ2v) is 7.14. The molecule has 3 aromatic heterocycles. The molecular weight excluding hydrogens is 390 g/mol. The first kappa shape index (κ1) is 18.9. The number of anilines is 3. The van der Waals surface area contributed by atoms with Gasteiger partial charge in [-0.3, -0.25) is 4.57 Å². The Bertz CT molecular complexity index is 1270.